The first-order valence-corrected chi connectivity index (χ1v) is 9.31. The van der Waals surface area contributed by atoms with Crippen LogP contribution in [-0.2, 0) is 15.3 Å². The molecule has 2 atom stereocenters. The van der Waals surface area contributed by atoms with Crippen molar-refractivity contribution in [2.45, 2.75) is 25.1 Å². The van der Waals surface area contributed by atoms with Gasteiger partial charge >= 0.3 is 5.97 Å². The molecule has 1 amide bonds. The summed E-state index contributed by atoms with van der Waals surface area (Å²) in [5, 5.41) is 9.14. The number of carbonyl (C=O) groups excluding carboxylic acids is 1. The molecule has 0 aliphatic carbocycles. The summed E-state index contributed by atoms with van der Waals surface area (Å²) in [7, 11) is 0. The molecule has 1 aromatic heterocycles. The monoisotopic (exact) mass is 360 g/mol. The number of likely N-dealkylation sites (tertiary alicyclic amines) is 1. The lowest BCUT2D eigenvalue weighted by molar-refractivity contribution is -0.142. The Bertz CT molecular complexity index is 747. The summed E-state index contributed by atoms with van der Waals surface area (Å²) in [6.45, 7) is 2.32. The van der Waals surface area contributed by atoms with Gasteiger partial charge in [-0.05, 0) is 25.5 Å². The van der Waals surface area contributed by atoms with Crippen molar-refractivity contribution in [2.24, 2.45) is 5.92 Å². The third-order valence-corrected chi connectivity index (χ3v) is 5.39. The van der Waals surface area contributed by atoms with Gasteiger partial charge in [0.1, 0.15) is 6.26 Å². The highest BCUT2D eigenvalue weighted by atomic mass is 32.2. The molecule has 1 aliphatic rings. The fourth-order valence-electron chi connectivity index (χ4n) is 3.03. The van der Waals surface area contributed by atoms with Crippen molar-refractivity contribution in [3.05, 3.63) is 42.3 Å². The molecule has 1 aliphatic heterocycles. The summed E-state index contributed by atoms with van der Waals surface area (Å²) in [6, 6.07) is 9.40. The molecule has 0 spiro atoms. The quantitative estimate of drug-likeness (QED) is 0.853. The van der Waals surface area contributed by atoms with Gasteiger partial charge in [0.2, 0.25) is 11.8 Å². The highest BCUT2D eigenvalue weighted by Crippen LogP contribution is 2.26. The Morgan fingerprint density at radius 1 is 1.36 bits per heavy atom. The van der Waals surface area contributed by atoms with Crippen molar-refractivity contribution in [2.75, 3.05) is 12.3 Å². The average molecular weight is 360 g/mol. The van der Waals surface area contributed by atoms with Crippen LogP contribution in [-0.4, -0.2) is 45.2 Å². The van der Waals surface area contributed by atoms with E-state index in [9.17, 15) is 9.59 Å². The Kier molecular flexibility index (Phi) is 5.43. The van der Waals surface area contributed by atoms with Crippen LogP contribution in [0.25, 0.3) is 11.5 Å². The van der Waals surface area contributed by atoms with Crippen molar-refractivity contribution >= 4 is 23.6 Å². The van der Waals surface area contributed by atoms with Gasteiger partial charge in [0, 0.05) is 23.9 Å². The minimum atomic E-state index is -0.827. The van der Waals surface area contributed by atoms with E-state index < -0.39 is 11.9 Å². The average Bonchev–Trinajstić information content (AvgIpc) is 3.22. The molecular formula is C18H20N2O4S. The number of aliphatic carboxylic acids is 1. The minimum absolute atomic E-state index is 0.0203. The molecule has 3 rings (SSSR count). The lowest BCUT2D eigenvalue weighted by Gasteiger charge is -2.23. The SMILES string of the molecule is CC1C(C(=O)O)CCN1C(=O)CSCc1coc(-c2ccccc2)n1. The van der Waals surface area contributed by atoms with Gasteiger partial charge in [-0.2, -0.15) is 0 Å². The predicted molar refractivity (Wildman–Crippen MR) is 95.0 cm³/mol. The van der Waals surface area contributed by atoms with Gasteiger partial charge in [0.15, 0.2) is 0 Å². The number of oxazole rings is 1. The molecular weight excluding hydrogens is 340 g/mol. The molecule has 0 radical (unpaired) electrons. The Labute approximate surface area is 150 Å². The number of rotatable bonds is 6. The van der Waals surface area contributed by atoms with E-state index >= 15 is 0 Å². The Morgan fingerprint density at radius 2 is 2.12 bits per heavy atom. The Balaban J connectivity index is 1.49. The van der Waals surface area contributed by atoms with Crippen LogP contribution in [0, 0.1) is 5.92 Å². The molecule has 0 saturated carbocycles. The zero-order valence-electron chi connectivity index (χ0n) is 13.9. The first kappa shape index (κ1) is 17.5. The smallest absolute Gasteiger partial charge is 0.308 e. The van der Waals surface area contributed by atoms with Crippen LogP contribution < -0.4 is 0 Å². The highest BCUT2D eigenvalue weighted by molar-refractivity contribution is 7.99. The molecule has 132 valence electrons. The number of carbonyl (C=O) groups is 2. The fraction of sp³-hybridized carbons (Fsp3) is 0.389. The lowest BCUT2D eigenvalue weighted by Crippen LogP contribution is -2.38. The maximum atomic E-state index is 12.3. The molecule has 25 heavy (non-hydrogen) atoms. The van der Waals surface area contributed by atoms with E-state index in [1.165, 1.54) is 11.8 Å². The van der Waals surface area contributed by atoms with E-state index in [0.29, 0.717) is 30.4 Å². The Hall–Kier alpha value is -2.28. The summed E-state index contributed by atoms with van der Waals surface area (Å²) in [5.74, 6) is 0.147. The molecule has 7 heteroatoms. The van der Waals surface area contributed by atoms with E-state index in [0.717, 1.165) is 11.3 Å². The maximum absolute atomic E-state index is 12.3. The van der Waals surface area contributed by atoms with E-state index in [1.807, 2.05) is 30.3 Å². The summed E-state index contributed by atoms with van der Waals surface area (Å²) >= 11 is 1.46. The lowest BCUT2D eigenvalue weighted by atomic mass is 10.0. The van der Waals surface area contributed by atoms with Crippen molar-refractivity contribution in [1.82, 2.24) is 9.88 Å². The minimum Gasteiger partial charge on any atom is -0.481 e. The van der Waals surface area contributed by atoms with Gasteiger partial charge in [-0.15, -0.1) is 11.8 Å². The third-order valence-electron chi connectivity index (χ3n) is 4.44. The molecule has 1 aromatic carbocycles. The second-order valence-corrected chi connectivity index (χ2v) is 7.05. The predicted octanol–water partition coefficient (Wildman–Crippen LogP) is 2.90. The van der Waals surface area contributed by atoms with Gasteiger partial charge in [-0.3, -0.25) is 9.59 Å². The first-order chi connectivity index (χ1) is 12.1. The number of benzene rings is 1. The van der Waals surface area contributed by atoms with Gasteiger partial charge in [0.25, 0.3) is 0 Å². The zero-order valence-corrected chi connectivity index (χ0v) is 14.7. The molecule has 6 nitrogen and oxygen atoms in total. The van der Waals surface area contributed by atoms with Crippen LogP contribution in [0.5, 0.6) is 0 Å². The van der Waals surface area contributed by atoms with Crippen LogP contribution >= 0.6 is 11.8 Å². The van der Waals surface area contributed by atoms with Crippen molar-refractivity contribution in [1.29, 1.82) is 0 Å². The molecule has 1 saturated heterocycles. The fourth-order valence-corrected chi connectivity index (χ4v) is 3.82. The number of nitrogens with zero attached hydrogens (tertiary/aromatic N) is 2. The number of carboxylic acids is 1. The van der Waals surface area contributed by atoms with Crippen molar-refractivity contribution in [3.8, 4) is 11.5 Å². The van der Waals surface area contributed by atoms with Gasteiger partial charge in [-0.1, -0.05) is 18.2 Å². The Morgan fingerprint density at radius 3 is 2.80 bits per heavy atom. The molecule has 1 N–H and O–H groups in total. The molecule has 2 unspecified atom stereocenters. The van der Waals surface area contributed by atoms with Gasteiger partial charge in [0.05, 0.1) is 17.4 Å². The summed E-state index contributed by atoms with van der Waals surface area (Å²) < 4.78 is 5.48. The zero-order chi connectivity index (χ0) is 17.8. The number of hydrogen-bond donors (Lipinski definition) is 1. The number of amides is 1. The summed E-state index contributed by atoms with van der Waals surface area (Å²) in [5.41, 5.74) is 1.70. The van der Waals surface area contributed by atoms with Crippen LogP contribution in [0.1, 0.15) is 19.0 Å². The second kappa shape index (κ2) is 7.74. The summed E-state index contributed by atoms with van der Waals surface area (Å²) in [4.78, 5) is 29.6. The number of thioether (sulfide) groups is 1. The normalized spacial score (nSPS) is 20.0. The molecule has 1 fully saturated rings. The van der Waals surface area contributed by atoms with Gasteiger partial charge in [-0.25, -0.2) is 4.98 Å². The standard InChI is InChI=1S/C18H20N2O4S/c1-12-15(18(22)23)7-8-20(12)16(21)11-25-10-14-9-24-17(19-14)13-5-3-2-4-6-13/h2-6,9,12,15H,7-8,10-11H2,1H3,(H,22,23). The third kappa shape index (κ3) is 4.04. The van der Waals surface area contributed by atoms with E-state index in [1.54, 1.807) is 18.1 Å². The van der Waals surface area contributed by atoms with E-state index in [4.69, 9.17) is 9.52 Å². The topological polar surface area (TPSA) is 83.6 Å². The summed E-state index contributed by atoms with van der Waals surface area (Å²) in [6.07, 6.45) is 2.13. The number of carboxylic acid groups (broad SMARTS) is 1. The number of aromatic nitrogens is 1. The van der Waals surface area contributed by atoms with Crippen LogP contribution in [0.2, 0.25) is 0 Å². The number of hydrogen-bond acceptors (Lipinski definition) is 5. The molecule has 0 bridgehead atoms. The van der Waals surface area contributed by atoms with Crippen LogP contribution in [0.3, 0.4) is 0 Å². The molecule has 2 heterocycles. The van der Waals surface area contributed by atoms with Crippen LogP contribution in [0.4, 0.5) is 0 Å². The van der Waals surface area contributed by atoms with Crippen LogP contribution in [0.15, 0.2) is 41.0 Å². The van der Waals surface area contributed by atoms with Gasteiger partial charge < -0.3 is 14.4 Å². The maximum Gasteiger partial charge on any atom is 0.308 e. The van der Waals surface area contributed by atoms with E-state index in [2.05, 4.69) is 4.98 Å². The van der Waals surface area contributed by atoms with Crippen molar-refractivity contribution < 1.29 is 19.1 Å². The highest BCUT2D eigenvalue weighted by Gasteiger charge is 2.37. The first-order valence-electron chi connectivity index (χ1n) is 8.16. The largest absolute Gasteiger partial charge is 0.481 e. The van der Waals surface area contributed by atoms with E-state index in [-0.39, 0.29) is 11.9 Å². The van der Waals surface area contributed by atoms with Crippen molar-refractivity contribution in [3.63, 3.8) is 0 Å². The molecule has 2 aromatic rings. The second-order valence-electron chi connectivity index (χ2n) is 6.06.